The van der Waals surface area contributed by atoms with Crippen molar-refractivity contribution in [1.82, 2.24) is 0 Å². The molecule has 0 radical (unpaired) electrons. The molecule has 0 aromatic carbocycles. The molecule has 1 rings (SSSR count). The van der Waals surface area contributed by atoms with Gasteiger partial charge < -0.3 is 23.7 Å². The third kappa shape index (κ3) is 7.97. The van der Waals surface area contributed by atoms with E-state index in [1.165, 1.54) is 0 Å². The summed E-state index contributed by atoms with van der Waals surface area (Å²) >= 11 is 2.35. The van der Waals surface area contributed by atoms with Gasteiger partial charge >= 0.3 is 0 Å². The van der Waals surface area contributed by atoms with Crippen molar-refractivity contribution in [3.8, 4) is 0 Å². The van der Waals surface area contributed by atoms with Gasteiger partial charge in [0, 0.05) is 31.4 Å². The van der Waals surface area contributed by atoms with Gasteiger partial charge in [-0.25, -0.2) is 0 Å². The quantitative estimate of drug-likeness (QED) is 0.214. The van der Waals surface area contributed by atoms with Gasteiger partial charge in [-0.15, -0.1) is 0 Å². The van der Waals surface area contributed by atoms with Crippen molar-refractivity contribution in [3.05, 3.63) is 0 Å². The first-order valence-electron chi connectivity index (χ1n) is 9.82. The third-order valence-electron chi connectivity index (χ3n) is 4.40. The highest BCUT2D eigenvalue weighted by Gasteiger charge is 2.47. The topological polar surface area (TPSA) is 46.2 Å². The molecular weight excluding hydrogens is 435 g/mol. The Morgan fingerprint density at radius 2 is 1.24 bits per heavy atom. The Balaban J connectivity index is 2.87. The van der Waals surface area contributed by atoms with Crippen LogP contribution in [0.25, 0.3) is 0 Å². The van der Waals surface area contributed by atoms with Gasteiger partial charge in [-0.1, -0.05) is 62.6 Å². The molecule has 5 atom stereocenters. The number of hydrogen-bond donors (Lipinski definition) is 0. The average Bonchev–Trinajstić information content (AvgIpc) is 2.63. The lowest BCUT2D eigenvalue weighted by Gasteiger charge is -2.45. The number of methoxy groups -OCH3 is 1. The van der Waals surface area contributed by atoms with Gasteiger partial charge in [0.15, 0.2) is 6.29 Å². The van der Waals surface area contributed by atoms with E-state index in [4.69, 9.17) is 23.7 Å². The summed E-state index contributed by atoms with van der Waals surface area (Å²) in [5, 5.41) is 0. The summed E-state index contributed by atoms with van der Waals surface area (Å²) in [4.78, 5) is 0. The van der Waals surface area contributed by atoms with E-state index < -0.39 is 6.29 Å². The van der Waals surface area contributed by atoms with Crippen LogP contribution in [0.3, 0.4) is 0 Å². The first kappa shape index (κ1) is 23.6. The smallest absolute Gasteiger partial charge is 0.186 e. The monoisotopic (exact) mass is 472 g/mol. The lowest BCUT2D eigenvalue weighted by atomic mass is 9.98. The van der Waals surface area contributed by atoms with Gasteiger partial charge in [0.1, 0.15) is 18.3 Å². The fraction of sp³-hybridized carbons (Fsp3) is 1.00. The van der Waals surface area contributed by atoms with E-state index in [2.05, 4.69) is 43.4 Å². The molecule has 3 unspecified atom stereocenters. The minimum atomic E-state index is -0.408. The minimum Gasteiger partial charge on any atom is -0.373 e. The molecule has 1 aliphatic rings. The summed E-state index contributed by atoms with van der Waals surface area (Å²) in [6, 6.07) is 0. The first-order valence-corrected chi connectivity index (χ1v) is 11.3. The normalized spacial score (nSPS) is 29.9. The van der Waals surface area contributed by atoms with Crippen LogP contribution < -0.4 is 0 Å². The molecule has 1 saturated heterocycles. The van der Waals surface area contributed by atoms with Crippen LogP contribution in [-0.4, -0.2) is 62.1 Å². The minimum absolute atomic E-state index is 0.0416. The zero-order valence-electron chi connectivity index (χ0n) is 16.4. The Morgan fingerprint density at radius 1 is 0.760 bits per heavy atom. The van der Waals surface area contributed by atoms with Crippen LogP contribution >= 0.6 is 22.6 Å². The molecule has 25 heavy (non-hydrogen) atoms. The van der Waals surface area contributed by atoms with Crippen molar-refractivity contribution in [2.24, 2.45) is 0 Å². The first-order chi connectivity index (χ1) is 12.2. The molecule has 5 nitrogen and oxygen atoms in total. The number of ether oxygens (including phenoxy) is 5. The molecule has 1 aliphatic heterocycles. The predicted molar refractivity (Wildman–Crippen MR) is 109 cm³/mol. The summed E-state index contributed by atoms with van der Waals surface area (Å²) in [7, 11) is 1.67. The molecule has 0 saturated carbocycles. The van der Waals surface area contributed by atoms with Crippen molar-refractivity contribution in [1.29, 1.82) is 0 Å². The molecule has 0 bridgehead atoms. The van der Waals surface area contributed by atoms with E-state index in [0.29, 0.717) is 13.2 Å². The summed E-state index contributed by atoms with van der Waals surface area (Å²) in [6.45, 7) is 8.63. The second kappa shape index (κ2) is 14.6. The Hall–Kier alpha value is 0.530. The molecule has 0 aromatic rings. The molecule has 1 heterocycles. The van der Waals surface area contributed by atoms with E-state index >= 15 is 0 Å². The Kier molecular flexibility index (Phi) is 13.7. The standard InChI is InChI=1S/C19H37IO5/c1-5-8-11-22-16-15(14-20)25-19(21-4)18(24-13-10-7-3)17(16)23-12-9-6-2/h15-19H,5-14H2,1-4H3/t15?,16-,17?,18-,19?/m0/s1. The number of unbranched alkanes of at least 4 members (excludes halogenated alkanes) is 3. The molecular formula is C19H37IO5. The lowest BCUT2D eigenvalue weighted by Crippen LogP contribution is -2.61. The van der Waals surface area contributed by atoms with Crippen LogP contribution in [0.2, 0.25) is 0 Å². The van der Waals surface area contributed by atoms with Crippen LogP contribution in [0, 0.1) is 0 Å². The van der Waals surface area contributed by atoms with Gasteiger partial charge in [0.25, 0.3) is 0 Å². The predicted octanol–water partition coefficient (Wildman–Crippen LogP) is 4.35. The van der Waals surface area contributed by atoms with Gasteiger partial charge in [0.2, 0.25) is 0 Å². The van der Waals surface area contributed by atoms with Gasteiger partial charge in [-0.05, 0) is 19.3 Å². The van der Waals surface area contributed by atoms with E-state index in [1.54, 1.807) is 7.11 Å². The second-order valence-electron chi connectivity index (χ2n) is 6.50. The van der Waals surface area contributed by atoms with E-state index in [9.17, 15) is 0 Å². The van der Waals surface area contributed by atoms with Crippen LogP contribution in [-0.2, 0) is 23.7 Å². The highest BCUT2D eigenvalue weighted by molar-refractivity contribution is 14.1. The molecule has 1 fully saturated rings. The van der Waals surface area contributed by atoms with Gasteiger partial charge in [0.05, 0.1) is 6.10 Å². The number of hydrogen-bond acceptors (Lipinski definition) is 5. The van der Waals surface area contributed by atoms with Gasteiger partial charge in [-0.2, -0.15) is 0 Å². The maximum Gasteiger partial charge on any atom is 0.186 e. The zero-order chi connectivity index (χ0) is 18.5. The largest absolute Gasteiger partial charge is 0.373 e. The molecule has 6 heteroatoms. The van der Waals surface area contributed by atoms with Crippen LogP contribution in [0.1, 0.15) is 59.3 Å². The molecule has 0 spiro atoms. The average molecular weight is 472 g/mol. The van der Waals surface area contributed by atoms with Crippen molar-refractivity contribution < 1.29 is 23.7 Å². The van der Waals surface area contributed by atoms with Gasteiger partial charge in [-0.3, -0.25) is 0 Å². The van der Waals surface area contributed by atoms with E-state index in [-0.39, 0.29) is 24.4 Å². The number of rotatable bonds is 14. The van der Waals surface area contributed by atoms with Crippen molar-refractivity contribution >= 4 is 22.6 Å². The van der Waals surface area contributed by atoms with Crippen molar-refractivity contribution in [2.75, 3.05) is 31.4 Å². The molecule has 0 aromatic heterocycles. The SMILES string of the molecule is CCCCOC1[C@H](OCCCC)C(OC)OC(CI)[C@@H]1OCCCC. The van der Waals surface area contributed by atoms with Crippen LogP contribution in [0.4, 0.5) is 0 Å². The maximum absolute atomic E-state index is 6.26. The molecule has 0 N–H and O–H groups in total. The van der Waals surface area contributed by atoms with Crippen LogP contribution in [0.15, 0.2) is 0 Å². The summed E-state index contributed by atoms with van der Waals surface area (Å²) in [6.07, 6.45) is 5.45. The Labute approximate surface area is 167 Å². The summed E-state index contributed by atoms with van der Waals surface area (Å²) in [5.74, 6) is 0. The Bertz CT molecular complexity index is 294. The fourth-order valence-corrected chi connectivity index (χ4v) is 3.56. The molecule has 150 valence electrons. The summed E-state index contributed by atoms with van der Waals surface area (Å²) < 4.78 is 31.2. The molecule has 0 amide bonds. The highest BCUT2D eigenvalue weighted by atomic mass is 127. The zero-order valence-corrected chi connectivity index (χ0v) is 18.5. The lowest BCUT2D eigenvalue weighted by molar-refractivity contribution is -0.308. The number of halogens is 1. The van der Waals surface area contributed by atoms with E-state index in [1.807, 2.05) is 0 Å². The fourth-order valence-electron chi connectivity index (χ4n) is 2.85. The van der Waals surface area contributed by atoms with Crippen molar-refractivity contribution in [3.63, 3.8) is 0 Å². The summed E-state index contributed by atoms with van der Waals surface area (Å²) in [5.41, 5.74) is 0. The Morgan fingerprint density at radius 3 is 1.68 bits per heavy atom. The molecule has 0 aliphatic carbocycles. The third-order valence-corrected chi connectivity index (χ3v) is 5.27. The van der Waals surface area contributed by atoms with E-state index in [0.717, 1.165) is 49.6 Å². The number of alkyl halides is 1. The second-order valence-corrected chi connectivity index (χ2v) is 7.38. The van der Waals surface area contributed by atoms with Crippen molar-refractivity contribution in [2.45, 2.75) is 90.0 Å². The maximum atomic E-state index is 6.26. The van der Waals surface area contributed by atoms with Crippen LogP contribution in [0.5, 0.6) is 0 Å². The highest BCUT2D eigenvalue weighted by Crippen LogP contribution is 2.30.